The second-order valence-corrected chi connectivity index (χ2v) is 6.72. The first-order valence-electron chi connectivity index (χ1n) is 8.24. The zero-order valence-corrected chi connectivity index (χ0v) is 13.9. The van der Waals surface area contributed by atoms with Crippen LogP contribution in [0.4, 0.5) is 5.69 Å². The molecule has 2 N–H and O–H groups in total. The predicted octanol–water partition coefficient (Wildman–Crippen LogP) is 5.01. The average Bonchev–Trinajstić information content (AvgIpc) is 3.25. The van der Waals surface area contributed by atoms with Crippen LogP contribution in [0.2, 0.25) is 5.02 Å². The van der Waals surface area contributed by atoms with Crippen molar-refractivity contribution < 1.29 is 4.79 Å². The minimum Gasteiger partial charge on any atom is -0.345 e. The van der Waals surface area contributed by atoms with Gasteiger partial charge < -0.3 is 10.3 Å². The van der Waals surface area contributed by atoms with Gasteiger partial charge in [-0.2, -0.15) is 0 Å². The maximum absolute atomic E-state index is 12.3. The summed E-state index contributed by atoms with van der Waals surface area (Å²) < 4.78 is 0. The fourth-order valence-corrected chi connectivity index (χ4v) is 3.54. The van der Waals surface area contributed by atoms with Crippen LogP contribution in [0, 0.1) is 5.92 Å². The smallest absolute Gasteiger partial charge is 0.227 e. The van der Waals surface area contributed by atoms with E-state index in [1.807, 2.05) is 36.5 Å². The summed E-state index contributed by atoms with van der Waals surface area (Å²) in [6.07, 6.45) is 7.85. The first-order chi connectivity index (χ1) is 11.7. The number of hydrogen-bond acceptors (Lipinski definition) is 2. The number of nitrogens with zero attached hydrogens (tertiary/aromatic N) is 1. The van der Waals surface area contributed by atoms with Crippen molar-refractivity contribution in [2.75, 3.05) is 5.32 Å². The monoisotopic (exact) mass is 339 g/mol. The number of rotatable bonds is 3. The number of aromatic nitrogens is 2. The van der Waals surface area contributed by atoms with Gasteiger partial charge in [-0.25, -0.2) is 4.98 Å². The molecule has 1 aliphatic carbocycles. The van der Waals surface area contributed by atoms with E-state index in [2.05, 4.69) is 15.3 Å². The molecular formula is C19H18ClN3O. The fourth-order valence-electron chi connectivity index (χ4n) is 3.34. The summed E-state index contributed by atoms with van der Waals surface area (Å²) in [5.41, 5.74) is 3.57. The molecule has 0 aliphatic heterocycles. The maximum Gasteiger partial charge on any atom is 0.227 e. The average molecular weight is 340 g/mol. The van der Waals surface area contributed by atoms with E-state index < -0.39 is 0 Å². The van der Waals surface area contributed by atoms with Crippen LogP contribution in [0.3, 0.4) is 0 Å². The van der Waals surface area contributed by atoms with Gasteiger partial charge >= 0.3 is 0 Å². The van der Waals surface area contributed by atoms with Crippen molar-refractivity contribution in [2.45, 2.75) is 25.7 Å². The van der Waals surface area contributed by atoms with Gasteiger partial charge in [0.1, 0.15) is 5.65 Å². The van der Waals surface area contributed by atoms with Gasteiger partial charge in [0.05, 0.1) is 5.02 Å². The van der Waals surface area contributed by atoms with E-state index in [1.165, 1.54) is 0 Å². The molecule has 0 atom stereocenters. The van der Waals surface area contributed by atoms with Crippen LogP contribution in [0.25, 0.3) is 22.2 Å². The Morgan fingerprint density at radius 1 is 1.21 bits per heavy atom. The molecule has 1 saturated carbocycles. The number of fused-ring (bicyclic) bond motifs is 1. The van der Waals surface area contributed by atoms with Gasteiger partial charge in [0.25, 0.3) is 0 Å². The molecule has 0 radical (unpaired) electrons. The molecule has 1 amide bonds. The van der Waals surface area contributed by atoms with E-state index in [-0.39, 0.29) is 11.8 Å². The van der Waals surface area contributed by atoms with E-state index in [0.717, 1.165) is 53.5 Å². The Labute approximate surface area is 145 Å². The SMILES string of the molecule is O=C(Nc1cccc(-c2cnc3[nH]cc(Cl)c3c2)c1)C1CCCC1. The number of amides is 1. The highest BCUT2D eigenvalue weighted by Crippen LogP contribution is 2.29. The molecule has 1 aliphatic rings. The predicted molar refractivity (Wildman–Crippen MR) is 97.1 cm³/mol. The number of nitrogens with one attached hydrogen (secondary N) is 2. The van der Waals surface area contributed by atoms with Gasteiger partial charge in [-0.3, -0.25) is 4.79 Å². The van der Waals surface area contributed by atoms with Crippen molar-refractivity contribution in [3.63, 3.8) is 0 Å². The first-order valence-corrected chi connectivity index (χ1v) is 8.62. The van der Waals surface area contributed by atoms with Gasteiger partial charge in [-0.1, -0.05) is 36.6 Å². The Morgan fingerprint density at radius 3 is 2.88 bits per heavy atom. The van der Waals surface area contributed by atoms with Crippen LogP contribution in [-0.2, 0) is 4.79 Å². The molecule has 24 heavy (non-hydrogen) atoms. The Balaban J connectivity index is 1.61. The number of H-pyrrole nitrogens is 1. The summed E-state index contributed by atoms with van der Waals surface area (Å²) in [6, 6.07) is 9.87. The number of anilines is 1. The van der Waals surface area contributed by atoms with Crippen molar-refractivity contribution in [3.05, 3.63) is 47.7 Å². The molecule has 0 bridgehead atoms. The molecule has 2 heterocycles. The van der Waals surface area contributed by atoms with Crippen molar-refractivity contribution in [2.24, 2.45) is 5.92 Å². The molecule has 4 rings (SSSR count). The number of benzene rings is 1. The Morgan fingerprint density at radius 2 is 2.04 bits per heavy atom. The number of aromatic amines is 1. The zero-order chi connectivity index (χ0) is 16.5. The summed E-state index contributed by atoms with van der Waals surface area (Å²) in [7, 11) is 0. The highest BCUT2D eigenvalue weighted by atomic mass is 35.5. The van der Waals surface area contributed by atoms with E-state index in [1.54, 1.807) is 6.20 Å². The third-order valence-corrected chi connectivity index (χ3v) is 4.98. The normalized spacial score (nSPS) is 15.0. The third kappa shape index (κ3) is 2.89. The largest absolute Gasteiger partial charge is 0.345 e. The topological polar surface area (TPSA) is 57.8 Å². The number of carbonyl (C=O) groups is 1. The highest BCUT2D eigenvalue weighted by Gasteiger charge is 2.22. The van der Waals surface area contributed by atoms with E-state index in [9.17, 15) is 4.79 Å². The minimum absolute atomic E-state index is 0.131. The molecule has 0 spiro atoms. The van der Waals surface area contributed by atoms with Crippen LogP contribution in [-0.4, -0.2) is 15.9 Å². The number of halogens is 1. The van der Waals surface area contributed by atoms with Gasteiger partial charge in [0, 0.05) is 34.9 Å². The molecular weight excluding hydrogens is 322 g/mol. The third-order valence-electron chi connectivity index (χ3n) is 4.67. The molecule has 0 unspecified atom stereocenters. The fraction of sp³-hybridized carbons (Fsp3) is 0.263. The summed E-state index contributed by atoms with van der Waals surface area (Å²) in [4.78, 5) is 19.7. The van der Waals surface area contributed by atoms with Gasteiger partial charge in [0.15, 0.2) is 0 Å². The molecule has 3 aromatic rings. The second-order valence-electron chi connectivity index (χ2n) is 6.31. The van der Waals surface area contributed by atoms with Gasteiger partial charge in [-0.05, 0) is 36.6 Å². The standard InChI is InChI=1S/C19H18ClN3O/c20-17-11-22-18-16(17)9-14(10-21-18)13-6-3-7-15(8-13)23-19(24)12-4-1-2-5-12/h3,6-12H,1-2,4-5H2,(H,21,22)(H,23,24). The Kier molecular flexibility index (Phi) is 3.98. The Hall–Kier alpha value is -2.33. The number of pyridine rings is 1. The van der Waals surface area contributed by atoms with Crippen LogP contribution in [0.5, 0.6) is 0 Å². The zero-order valence-electron chi connectivity index (χ0n) is 13.2. The van der Waals surface area contributed by atoms with E-state index in [0.29, 0.717) is 5.02 Å². The van der Waals surface area contributed by atoms with E-state index in [4.69, 9.17) is 11.6 Å². The van der Waals surface area contributed by atoms with Crippen LogP contribution < -0.4 is 5.32 Å². The van der Waals surface area contributed by atoms with Crippen molar-refractivity contribution in [1.82, 2.24) is 9.97 Å². The number of carbonyl (C=O) groups excluding carboxylic acids is 1. The lowest BCUT2D eigenvalue weighted by atomic mass is 10.0. The quantitative estimate of drug-likeness (QED) is 0.704. The molecule has 1 aromatic carbocycles. The maximum atomic E-state index is 12.3. The lowest BCUT2D eigenvalue weighted by molar-refractivity contribution is -0.119. The summed E-state index contributed by atoms with van der Waals surface area (Å²) in [5.74, 6) is 0.289. The summed E-state index contributed by atoms with van der Waals surface area (Å²) in [5, 5.41) is 4.60. The lowest BCUT2D eigenvalue weighted by Gasteiger charge is -2.11. The van der Waals surface area contributed by atoms with Crippen molar-refractivity contribution >= 4 is 34.2 Å². The van der Waals surface area contributed by atoms with Crippen molar-refractivity contribution in [1.29, 1.82) is 0 Å². The minimum atomic E-state index is 0.131. The molecule has 4 nitrogen and oxygen atoms in total. The first kappa shape index (κ1) is 15.2. The van der Waals surface area contributed by atoms with Crippen LogP contribution >= 0.6 is 11.6 Å². The van der Waals surface area contributed by atoms with Crippen LogP contribution in [0.15, 0.2) is 42.7 Å². The molecule has 122 valence electrons. The number of hydrogen-bond donors (Lipinski definition) is 2. The second kappa shape index (κ2) is 6.29. The van der Waals surface area contributed by atoms with Crippen LogP contribution in [0.1, 0.15) is 25.7 Å². The molecule has 5 heteroatoms. The van der Waals surface area contributed by atoms with Gasteiger partial charge in [0.2, 0.25) is 5.91 Å². The van der Waals surface area contributed by atoms with Gasteiger partial charge in [-0.15, -0.1) is 0 Å². The highest BCUT2D eigenvalue weighted by molar-refractivity contribution is 6.35. The lowest BCUT2D eigenvalue weighted by Crippen LogP contribution is -2.20. The molecule has 1 fully saturated rings. The summed E-state index contributed by atoms with van der Waals surface area (Å²) >= 11 is 6.18. The molecule has 0 saturated heterocycles. The molecule has 2 aromatic heterocycles. The van der Waals surface area contributed by atoms with E-state index >= 15 is 0 Å². The van der Waals surface area contributed by atoms with Crippen molar-refractivity contribution in [3.8, 4) is 11.1 Å². The Bertz CT molecular complexity index is 897. The summed E-state index contributed by atoms with van der Waals surface area (Å²) in [6.45, 7) is 0.